The lowest BCUT2D eigenvalue weighted by molar-refractivity contribution is -0.133. The lowest BCUT2D eigenvalue weighted by atomic mass is 10.0. The molecule has 1 aromatic carbocycles. The normalized spacial score (nSPS) is 17.0. The molecule has 0 saturated carbocycles. The van der Waals surface area contributed by atoms with Crippen molar-refractivity contribution in [1.82, 2.24) is 9.80 Å². The highest BCUT2D eigenvalue weighted by Crippen LogP contribution is 2.18. The van der Waals surface area contributed by atoms with Crippen molar-refractivity contribution >= 4 is 30.7 Å². The Kier molecular flexibility index (Phi) is 9.69. The van der Waals surface area contributed by atoms with E-state index in [1.54, 1.807) is 6.92 Å². The van der Waals surface area contributed by atoms with E-state index in [1.807, 2.05) is 18.0 Å². The van der Waals surface area contributed by atoms with Crippen molar-refractivity contribution < 1.29 is 4.79 Å². The number of benzene rings is 1. The van der Waals surface area contributed by atoms with Crippen LogP contribution in [-0.4, -0.2) is 47.9 Å². The zero-order chi connectivity index (χ0) is 14.5. The number of piperidine rings is 1. The van der Waals surface area contributed by atoms with Crippen molar-refractivity contribution in [3.05, 3.63) is 35.9 Å². The van der Waals surface area contributed by atoms with E-state index in [9.17, 15) is 4.79 Å². The summed E-state index contributed by atoms with van der Waals surface area (Å²) in [6.45, 7) is 4.83. The predicted molar refractivity (Wildman–Crippen MR) is 95.7 cm³/mol. The first-order chi connectivity index (χ1) is 9.58. The van der Waals surface area contributed by atoms with Gasteiger partial charge in [-0.25, -0.2) is 0 Å². The third kappa shape index (κ3) is 5.76. The summed E-state index contributed by atoms with van der Waals surface area (Å²) in [5.41, 5.74) is 7.02. The fourth-order valence-electron chi connectivity index (χ4n) is 2.81. The number of likely N-dealkylation sites (tertiary alicyclic amines) is 1. The molecule has 0 aliphatic carbocycles. The van der Waals surface area contributed by atoms with Gasteiger partial charge in [-0.2, -0.15) is 0 Å². The molecular formula is C16H27Cl2N3O. The maximum Gasteiger partial charge on any atom is 0.239 e. The average molecular weight is 348 g/mol. The van der Waals surface area contributed by atoms with E-state index >= 15 is 0 Å². The van der Waals surface area contributed by atoms with Gasteiger partial charge >= 0.3 is 0 Å². The Morgan fingerprint density at radius 3 is 2.32 bits per heavy atom. The van der Waals surface area contributed by atoms with Gasteiger partial charge in [-0.1, -0.05) is 30.3 Å². The molecule has 0 aromatic heterocycles. The van der Waals surface area contributed by atoms with Crippen LogP contribution in [0.2, 0.25) is 0 Å². The second kappa shape index (κ2) is 10.1. The van der Waals surface area contributed by atoms with Crippen LogP contribution >= 0.6 is 24.8 Å². The Balaban J connectivity index is 0.00000220. The van der Waals surface area contributed by atoms with E-state index in [4.69, 9.17) is 5.73 Å². The minimum atomic E-state index is -0.401. The molecule has 2 N–H and O–H groups in total. The van der Waals surface area contributed by atoms with Gasteiger partial charge in [0.15, 0.2) is 0 Å². The molecule has 4 nitrogen and oxygen atoms in total. The molecule has 6 heteroatoms. The largest absolute Gasteiger partial charge is 0.341 e. The molecule has 1 unspecified atom stereocenters. The fraction of sp³-hybridized carbons (Fsp3) is 0.562. The molecular weight excluding hydrogens is 321 g/mol. The van der Waals surface area contributed by atoms with Crippen molar-refractivity contribution in [2.75, 3.05) is 20.1 Å². The number of halogens is 2. The minimum Gasteiger partial charge on any atom is -0.341 e. The molecule has 0 bridgehead atoms. The van der Waals surface area contributed by atoms with Crippen LogP contribution in [0.1, 0.15) is 25.3 Å². The number of carbonyl (C=O) groups excluding carboxylic acids is 1. The Morgan fingerprint density at radius 2 is 1.82 bits per heavy atom. The smallest absolute Gasteiger partial charge is 0.239 e. The Morgan fingerprint density at radius 1 is 1.27 bits per heavy atom. The summed E-state index contributed by atoms with van der Waals surface area (Å²) >= 11 is 0. The Bertz CT molecular complexity index is 434. The van der Waals surface area contributed by atoms with Gasteiger partial charge in [0, 0.05) is 32.7 Å². The number of nitrogens with zero attached hydrogens (tertiary/aromatic N) is 2. The number of carbonyl (C=O) groups is 1. The molecule has 0 spiro atoms. The molecule has 1 heterocycles. The number of rotatable bonds is 4. The highest BCUT2D eigenvalue weighted by molar-refractivity contribution is 5.85. The maximum absolute atomic E-state index is 11.9. The quantitative estimate of drug-likeness (QED) is 0.908. The molecule has 1 aliphatic rings. The van der Waals surface area contributed by atoms with E-state index in [0.29, 0.717) is 6.04 Å². The van der Waals surface area contributed by atoms with Crippen LogP contribution in [0.3, 0.4) is 0 Å². The lowest BCUT2D eigenvalue weighted by Crippen LogP contribution is -2.49. The van der Waals surface area contributed by atoms with Crippen LogP contribution in [0.15, 0.2) is 30.3 Å². The van der Waals surface area contributed by atoms with Crippen LogP contribution in [0, 0.1) is 0 Å². The molecule has 1 aliphatic heterocycles. The Labute approximate surface area is 145 Å². The van der Waals surface area contributed by atoms with Gasteiger partial charge < -0.3 is 10.6 Å². The number of likely N-dealkylation sites (N-methyl/N-ethyl adjacent to an activating group) is 1. The number of hydrogen-bond donors (Lipinski definition) is 1. The zero-order valence-corrected chi connectivity index (χ0v) is 14.9. The van der Waals surface area contributed by atoms with Crippen LogP contribution in [0.5, 0.6) is 0 Å². The van der Waals surface area contributed by atoms with Crippen molar-refractivity contribution in [2.45, 2.75) is 38.4 Å². The molecule has 1 fully saturated rings. The van der Waals surface area contributed by atoms with Crippen molar-refractivity contribution in [3.8, 4) is 0 Å². The summed E-state index contributed by atoms with van der Waals surface area (Å²) in [5, 5.41) is 0. The van der Waals surface area contributed by atoms with E-state index < -0.39 is 6.04 Å². The van der Waals surface area contributed by atoms with Gasteiger partial charge in [0.1, 0.15) is 0 Å². The van der Waals surface area contributed by atoms with Crippen LogP contribution < -0.4 is 5.73 Å². The molecule has 1 saturated heterocycles. The van der Waals surface area contributed by atoms with Gasteiger partial charge in [-0.3, -0.25) is 9.69 Å². The van der Waals surface area contributed by atoms with E-state index in [0.717, 1.165) is 32.5 Å². The highest BCUT2D eigenvalue weighted by Gasteiger charge is 2.26. The zero-order valence-electron chi connectivity index (χ0n) is 13.3. The van der Waals surface area contributed by atoms with Gasteiger partial charge in [0.2, 0.25) is 5.91 Å². The second-order valence-corrected chi connectivity index (χ2v) is 5.73. The number of amides is 1. The topological polar surface area (TPSA) is 49.6 Å². The summed E-state index contributed by atoms with van der Waals surface area (Å²) in [5.74, 6) is 0.0477. The van der Waals surface area contributed by atoms with E-state index in [1.165, 1.54) is 5.56 Å². The summed E-state index contributed by atoms with van der Waals surface area (Å²) in [6.07, 6.45) is 2.06. The number of nitrogens with two attached hydrogens (primary N) is 1. The highest BCUT2D eigenvalue weighted by atomic mass is 35.5. The Hall–Kier alpha value is -0.810. The van der Waals surface area contributed by atoms with E-state index in [-0.39, 0.29) is 30.7 Å². The van der Waals surface area contributed by atoms with Crippen molar-refractivity contribution in [2.24, 2.45) is 5.73 Å². The SMILES string of the molecule is CC(N)C(=O)N(C)C1CCN(Cc2ccccc2)CC1.Cl.Cl. The lowest BCUT2D eigenvalue weighted by Gasteiger charge is -2.37. The standard InChI is InChI=1S/C16H25N3O.2ClH/c1-13(17)16(20)18(2)15-8-10-19(11-9-15)12-14-6-4-3-5-7-14;;/h3-7,13,15H,8-12,17H2,1-2H3;2*1H. The van der Waals surface area contributed by atoms with Crippen molar-refractivity contribution in [3.63, 3.8) is 0 Å². The predicted octanol–water partition coefficient (Wildman–Crippen LogP) is 2.30. The summed E-state index contributed by atoms with van der Waals surface area (Å²) < 4.78 is 0. The van der Waals surface area contributed by atoms with Crippen LogP contribution in [0.4, 0.5) is 0 Å². The van der Waals surface area contributed by atoms with Gasteiger partial charge in [0.05, 0.1) is 6.04 Å². The van der Waals surface area contributed by atoms with E-state index in [2.05, 4.69) is 29.2 Å². The third-order valence-electron chi connectivity index (χ3n) is 4.09. The molecule has 1 amide bonds. The first-order valence-corrected chi connectivity index (χ1v) is 7.36. The molecule has 0 radical (unpaired) electrons. The van der Waals surface area contributed by atoms with Gasteiger partial charge in [-0.15, -0.1) is 24.8 Å². The van der Waals surface area contributed by atoms with Crippen LogP contribution in [-0.2, 0) is 11.3 Å². The first-order valence-electron chi connectivity index (χ1n) is 7.36. The summed E-state index contributed by atoms with van der Waals surface area (Å²) in [6, 6.07) is 10.5. The average Bonchev–Trinajstić information content (AvgIpc) is 2.47. The summed E-state index contributed by atoms with van der Waals surface area (Å²) in [4.78, 5) is 16.2. The molecule has 22 heavy (non-hydrogen) atoms. The maximum atomic E-state index is 11.9. The van der Waals surface area contributed by atoms with Crippen LogP contribution in [0.25, 0.3) is 0 Å². The molecule has 2 rings (SSSR count). The third-order valence-corrected chi connectivity index (χ3v) is 4.09. The number of hydrogen-bond acceptors (Lipinski definition) is 3. The van der Waals surface area contributed by atoms with Gasteiger partial charge in [-0.05, 0) is 25.3 Å². The molecule has 1 aromatic rings. The molecule has 1 atom stereocenters. The minimum absolute atomic E-state index is 0. The monoisotopic (exact) mass is 347 g/mol. The first kappa shape index (κ1) is 21.2. The van der Waals surface area contributed by atoms with Crippen molar-refractivity contribution in [1.29, 1.82) is 0 Å². The second-order valence-electron chi connectivity index (χ2n) is 5.73. The summed E-state index contributed by atoms with van der Waals surface area (Å²) in [7, 11) is 1.88. The molecule has 126 valence electrons. The van der Waals surface area contributed by atoms with Gasteiger partial charge in [0.25, 0.3) is 0 Å². The fourth-order valence-corrected chi connectivity index (χ4v) is 2.81.